The Morgan fingerprint density at radius 1 is 1.12 bits per heavy atom. The van der Waals surface area contributed by atoms with Crippen LogP contribution in [0.5, 0.6) is 0 Å². The Kier molecular flexibility index (Phi) is 4.12. The molecule has 3 atom stereocenters. The SMILES string of the molecule is O=C(C1CC1)N1CC2C(OCc3ccccc3)CCS(=O)(=O)C2C1. The van der Waals surface area contributed by atoms with Gasteiger partial charge >= 0.3 is 0 Å². The lowest BCUT2D eigenvalue weighted by molar-refractivity contribution is -0.131. The highest BCUT2D eigenvalue weighted by Crippen LogP contribution is 2.38. The third kappa shape index (κ3) is 3.09. The van der Waals surface area contributed by atoms with Crippen LogP contribution < -0.4 is 0 Å². The molecule has 0 N–H and O–H groups in total. The summed E-state index contributed by atoms with van der Waals surface area (Å²) in [6.07, 6.45) is 2.34. The smallest absolute Gasteiger partial charge is 0.225 e. The number of rotatable bonds is 4. The van der Waals surface area contributed by atoms with E-state index in [-0.39, 0.29) is 29.6 Å². The highest BCUT2D eigenvalue weighted by atomic mass is 32.2. The molecule has 1 aromatic carbocycles. The fraction of sp³-hybridized carbons (Fsp3) is 0.611. The molecule has 0 spiro atoms. The van der Waals surface area contributed by atoms with Crippen LogP contribution >= 0.6 is 0 Å². The molecule has 0 bridgehead atoms. The molecule has 5 nitrogen and oxygen atoms in total. The van der Waals surface area contributed by atoms with Crippen LogP contribution in [0.3, 0.4) is 0 Å². The normalized spacial score (nSPS) is 31.7. The maximum atomic E-state index is 12.4. The van der Waals surface area contributed by atoms with Crippen LogP contribution in [-0.4, -0.2) is 49.4 Å². The van der Waals surface area contributed by atoms with E-state index in [0.29, 0.717) is 26.1 Å². The minimum atomic E-state index is -3.12. The number of carbonyl (C=O) groups excluding carboxylic acids is 1. The molecule has 2 saturated heterocycles. The van der Waals surface area contributed by atoms with Crippen LogP contribution in [0.25, 0.3) is 0 Å². The van der Waals surface area contributed by atoms with Gasteiger partial charge in [-0.2, -0.15) is 0 Å². The number of carbonyl (C=O) groups is 1. The first-order chi connectivity index (χ1) is 11.5. The predicted molar refractivity (Wildman–Crippen MR) is 90.0 cm³/mol. The van der Waals surface area contributed by atoms with E-state index in [1.54, 1.807) is 4.90 Å². The molecule has 2 heterocycles. The van der Waals surface area contributed by atoms with Gasteiger partial charge in [0.05, 0.1) is 23.7 Å². The summed E-state index contributed by atoms with van der Waals surface area (Å²) >= 11 is 0. The molecule has 1 amide bonds. The van der Waals surface area contributed by atoms with Crippen LogP contribution in [0.2, 0.25) is 0 Å². The number of sulfone groups is 1. The van der Waals surface area contributed by atoms with Crippen molar-refractivity contribution in [1.82, 2.24) is 4.90 Å². The minimum Gasteiger partial charge on any atom is -0.373 e. The first kappa shape index (κ1) is 16.1. The van der Waals surface area contributed by atoms with Gasteiger partial charge in [0.1, 0.15) is 0 Å². The van der Waals surface area contributed by atoms with Gasteiger partial charge in [0.2, 0.25) is 5.91 Å². The highest BCUT2D eigenvalue weighted by Gasteiger charge is 2.51. The second-order valence-electron chi connectivity index (χ2n) is 7.21. The van der Waals surface area contributed by atoms with E-state index in [0.717, 1.165) is 18.4 Å². The van der Waals surface area contributed by atoms with Crippen molar-refractivity contribution in [3.63, 3.8) is 0 Å². The van der Waals surface area contributed by atoms with Crippen molar-refractivity contribution in [2.45, 2.75) is 37.2 Å². The summed E-state index contributed by atoms with van der Waals surface area (Å²) in [6, 6.07) is 9.92. The summed E-state index contributed by atoms with van der Waals surface area (Å²) < 4.78 is 31.0. The van der Waals surface area contributed by atoms with Crippen molar-refractivity contribution in [3.8, 4) is 0 Å². The lowest BCUT2D eigenvalue weighted by Crippen LogP contribution is -2.44. The lowest BCUT2D eigenvalue weighted by atomic mass is 9.98. The van der Waals surface area contributed by atoms with E-state index in [9.17, 15) is 13.2 Å². The summed E-state index contributed by atoms with van der Waals surface area (Å²) in [7, 11) is -3.12. The van der Waals surface area contributed by atoms with Gasteiger partial charge in [0, 0.05) is 24.9 Å². The standard InChI is InChI=1S/C18H23NO4S/c20-18(14-6-7-14)19-10-15-16(8-9-24(21,22)17(15)11-19)23-12-13-4-2-1-3-5-13/h1-5,14-17H,6-12H2. The Bertz CT molecular complexity index is 714. The monoisotopic (exact) mass is 349 g/mol. The van der Waals surface area contributed by atoms with Crippen LogP contribution in [0.1, 0.15) is 24.8 Å². The summed E-state index contributed by atoms with van der Waals surface area (Å²) in [5.74, 6) is 0.354. The zero-order valence-corrected chi connectivity index (χ0v) is 14.5. The van der Waals surface area contributed by atoms with Gasteiger partial charge in [-0.15, -0.1) is 0 Å². The fourth-order valence-corrected chi connectivity index (χ4v) is 6.00. The van der Waals surface area contributed by atoms with Crippen LogP contribution in [-0.2, 0) is 26.0 Å². The molecule has 6 heteroatoms. The van der Waals surface area contributed by atoms with E-state index in [1.807, 2.05) is 30.3 Å². The van der Waals surface area contributed by atoms with Crippen molar-refractivity contribution >= 4 is 15.7 Å². The molecule has 4 rings (SSSR count). The van der Waals surface area contributed by atoms with Crippen molar-refractivity contribution in [2.75, 3.05) is 18.8 Å². The van der Waals surface area contributed by atoms with Gasteiger partial charge in [0.25, 0.3) is 0 Å². The second-order valence-corrected chi connectivity index (χ2v) is 9.55. The number of ether oxygens (including phenoxy) is 1. The van der Waals surface area contributed by atoms with Gasteiger partial charge in [-0.25, -0.2) is 8.42 Å². The second kappa shape index (κ2) is 6.15. The topological polar surface area (TPSA) is 63.7 Å². The van der Waals surface area contributed by atoms with Crippen LogP contribution in [0, 0.1) is 11.8 Å². The maximum absolute atomic E-state index is 12.4. The number of nitrogens with zero attached hydrogens (tertiary/aromatic N) is 1. The van der Waals surface area contributed by atoms with Crippen molar-refractivity contribution in [3.05, 3.63) is 35.9 Å². The van der Waals surface area contributed by atoms with Gasteiger partial charge < -0.3 is 9.64 Å². The molecular weight excluding hydrogens is 326 g/mol. The molecule has 24 heavy (non-hydrogen) atoms. The Morgan fingerprint density at radius 2 is 1.88 bits per heavy atom. The van der Waals surface area contributed by atoms with Crippen molar-refractivity contribution in [1.29, 1.82) is 0 Å². The van der Waals surface area contributed by atoms with E-state index in [1.165, 1.54) is 0 Å². The zero-order chi connectivity index (χ0) is 16.7. The first-order valence-corrected chi connectivity index (χ1v) is 10.4. The molecule has 0 aromatic heterocycles. The lowest BCUT2D eigenvalue weighted by Gasteiger charge is -2.32. The van der Waals surface area contributed by atoms with E-state index in [4.69, 9.17) is 4.74 Å². The number of amides is 1. The molecule has 130 valence electrons. The summed E-state index contributed by atoms with van der Waals surface area (Å²) in [6.45, 7) is 1.37. The average Bonchev–Trinajstić information content (AvgIpc) is 3.32. The molecule has 1 aromatic rings. The number of benzene rings is 1. The molecule has 3 unspecified atom stereocenters. The molecular formula is C18H23NO4S. The highest BCUT2D eigenvalue weighted by molar-refractivity contribution is 7.92. The molecule has 1 aliphatic carbocycles. The number of hydrogen-bond donors (Lipinski definition) is 0. The van der Waals surface area contributed by atoms with E-state index in [2.05, 4.69) is 0 Å². The van der Waals surface area contributed by atoms with Crippen LogP contribution in [0.4, 0.5) is 0 Å². The zero-order valence-electron chi connectivity index (χ0n) is 13.6. The van der Waals surface area contributed by atoms with E-state index >= 15 is 0 Å². The van der Waals surface area contributed by atoms with Crippen molar-refractivity contribution < 1.29 is 17.9 Å². The molecule has 3 fully saturated rings. The van der Waals surface area contributed by atoms with Gasteiger partial charge in [0.15, 0.2) is 9.84 Å². The Morgan fingerprint density at radius 3 is 2.58 bits per heavy atom. The Labute approximate surface area is 142 Å². The van der Waals surface area contributed by atoms with E-state index < -0.39 is 15.1 Å². The molecule has 2 aliphatic heterocycles. The molecule has 3 aliphatic rings. The Hall–Kier alpha value is -1.40. The first-order valence-electron chi connectivity index (χ1n) is 8.70. The largest absolute Gasteiger partial charge is 0.373 e. The summed E-state index contributed by atoms with van der Waals surface area (Å²) in [5, 5.41) is -0.449. The predicted octanol–water partition coefficient (Wildman–Crippen LogP) is 1.63. The van der Waals surface area contributed by atoms with Gasteiger partial charge in [-0.3, -0.25) is 4.79 Å². The quantitative estimate of drug-likeness (QED) is 0.829. The molecule has 1 saturated carbocycles. The fourth-order valence-electron chi connectivity index (χ4n) is 3.93. The number of hydrogen-bond acceptors (Lipinski definition) is 4. The summed E-state index contributed by atoms with van der Waals surface area (Å²) in [4.78, 5) is 14.1. The van der Waals surface area contributed by atoms with Gasteiger partial charge in [-0.05, 0) is 24.8 Å². The van der Waals surface area contributed by atoms with Crippen LogP contribution in [0.15, 0.2) is 30.3 Å². The number of likely N-dealkylation sites (tertiary alicyclic amines) is 1. The van der Waals surface area contributed by atoms with Gasteiger partial charge in [-0.1, -0.05) is 30.3 Å². The maximum Gasteiger partial charge on any atom is 0.225 e. The third-order valence-electron chi connectivity index (χ3n) is 5.48. The van der Waals surface area contributed by atoms with Crippen molar-refractivity contribution in [2.24, 2.45) is 11.8 Å². The third-order valence-corrected chi connectivity index (χ3v) is 7.71. The summed E-state index contributed by atoms with van der Waals surface area (Å²) in [5.41, 5.74) is 1.09. The molecule has 0 radical (unpaired) electrons. The minimum absolute atomic E-state index is 0.0873. The Balaban J connectivity index is 1.47. The average molecular weight is 349 g/mol. The number of fused-ring (bicyclic) bond motifs is 1.